The molecular weight excluding hydrogens is 426 g/mol. The SMILES string of the molecule is CCOC(=O)C(C(=O)OCC)C1(C(=O)OCC)C(=O)N(OC)C(=O)c2ccc(OC)cc21. The number of fused-ring (bicyclic) bond motifs is 1. The van der Waals surface area contributed by atoms with Crippen LogP contribution in [0.5, 0.6) is 5.75 Å². The Kier molecular flexibility index (Phi) is 7.92. The number of esters is 3. The Morgan fingerprint density at radius 1 is 0.938 bits per heavy atom. The summed E-state index contributed by atoms with van der Waals surface area (Å²) in [6.45, 7) is 3.96. The number of amides is 2. The molecule has 0 aliphatic carbocycles. The largest absolute Gasteiger partial charge is 0.497 e. The molecule has 1 aromatic carbocycles. The monoisotopic (exact) mass is 451 g/mol. The molecule has 1 unspecified atom stereocenters. The molecule has 0 aromatic heterocycles. The van der Waals surface area contributed by atoms with E-state index in [1.165, 1.54) is 46.1 Å². The van der Waals surface area contributed by atoms with E-state index in [1.807, 2.05) is 0 Å². The normalized spacial score (nSPS) is 17.6. The Morgan fingerprint density at radius 2 is 1.50 bits per heavy atom. The van der Waals surface area contributed by atoms with Crippen LogP contribution >= 0.6 is 0 Å². The molecule has 0 spiro atoms. The molecule has 2 rings (SSSR count). The second-order valence-corrected chi connectivity index (χ2v) is 6.46. The number of hydroxylamine groups is 2. The van der Waals surface area contributed by atoms with Crippen molar-refractivity contribution in [1.29, 1.82) is 0 Å². The van der Waals surface area contributed by atoms with Crippen molar-refractivity contribution in [3.05, 3.63) is 29.3 Å². The van der Waals surface area contributed by atoms with Crippen LogP contribution in [0.25, 0.3) is 0 Å². The van der Waals surface area contributed by atoms with Gasteiger partial charge in [-0.25, -0.2) is 0 Å². The van der Waals surface area contributed by atoms with Gasteiger partial charge in [-0.05, 0) is 44.5 Å². The molecule has 0 bridgehead atoms. The second kappa shape index (κ2) is 10.2. The molecule has 1 heterocycles. The number of methoxy groups -OCH3 is 1. The van der Waals surface area contributed by atoms with Gasteiger partial charge in [0.25, 0.3) is 11.8 Å². The Morgan fingerprint density at radius 3 is 1.97 bits per heavy atom. The smallest absolute Gasteiger partial charge is 0.327 e. The summed E-state index contributed by atoms with van der Waals surface area (Å²) in [4.78, 5) is 70.9. The fourth-order valence-electron chi connectivity index (χ4n) is 3.55. The number of hydrogen-bond acceptors (Lipinski definition) is 10. The van der Waals surface area contributed by atoms with Crippen molar-refractivity contribution >= 4 is 29.7 Å². The average Bonchev–Trinajstić information content (AvgIpc) is 2.76. The minimum Gasteiger partial charge on any atom is -0.497 e. The first kappa shape index (κ1) is 24.8. The third kappa shape index (κ3) is 3.91. The molecular formula is C21H25NO10. The van der Waals surface area contributed by atoms with Crippen LogP contribution in [0, 0.1) is 5.92 Å². The zero-order valence-electron chi connectivity index (χ0n) is 18.5. The molecule has 2 amide bonds. The first-order chi connectivity index (χ1) is 15.3. The van der Waals surface area contributed by atoms with Gasteiger partial charge in [-0.15, -0.1) is 5.06 Å². The van der Waals surface area contributed by atoms with Crippen LogP contribution in [0.15, 0.2) is 18.2 Å². The highest BCUT2D eigenvalue weighted by molar-refractivity contribution is 6.25. The van der Waals surface area contributed by atoms with Gasteiger partial charge in [-0.2, -0.15) is 0 Å². The van der Waals surface area contributed by atoms with E-state index >= 15 is 0 Å². The molecule has 174 valence electrons. The summed E-state index contributed by atoms with van der Waals surface area (Å²) < 4.78 is 20.4. The Balaban J connectivity index is 3.02. The highest BCUT2D eigenvalue weighted by Gasteiger charge is 2.67. The van der Waals surface area contributed by atoms with Crippen molar-refractivity contribution < 1.29 is 47.8 Å². The van der Waals surface area contributed by atoms with Gasteiger partial charge in [0.2, 0.25) is 0 Å². The van der Waals surface area contributed by atoms with Crippen LogP contribution in [-0.4, -0.2) is 68.8 Å². The molecule has 0 saturated heterocycles. The first-order valence-corrected chi connectivity index (χ1v) is 9.87. The van der Waals surface area contributed by atoms with Crippen LogP contribution in [-0.2, 0) is 43.6 Å². The van der Waals surface area contributed by atoms with E-state index in [0.29, 0.717) is 5.06 Å². The molecule has 0 fully saturated rings. The van der Waals surface area contributed by atoms with Gasteiger partial charge < -0.3 is 18.9 Å². The van der Waals surface area contributed by atoms with E-state index in [-0.39, 0.29) is 36.7 Å². The first-order valence-electron chi connectivity index (χ1n) is 9.87. The predicted octanol–water partition coefficient (Wildman–Crippen LogP) is 0.782. The number of carbonyl (C=O) groups is 5. The number of carbonyl (C=O) groups excluding carboxylic acids is 5. The van der Waals surface area contributed by atoms with Gasteiger partial charge in [0.1, 0.15) is 5.75 Å². The standard InChI is InChI=1S/C21H25NO10/c1-6-30-17(24)15(18(25)31-7-2)21(20(27)32-8-3)14-11-12(28-4)9-10-13(14)16(23)22(29-5)19(21)26/h9-11,15H,6-8H2,1-5H3. The van der Waals surface area contributed by atoms with Crippen molar-refractivity contribution in [3.8, 4) is 5.75 Å². The zero-order valence-corrected chi connectivity index (χ0v) is 18.5. The van der Waals surface area contributed by atoms with Crippen LogP contribution in [0.2, 0.25) is 0 Å². The van der Waals surface area contributed by atoms with E-state index in [1.54, 1.807) is 0 Å². The summed E-state index contributed by atoms with van der Waals surface area (Å²) in [6, 6.07) is 3.93. The Labute approximate surface area is 184 Å². The van der Waals surface area contributed by atoms with E-state index in [2.05, 4.69) is 0 Å². The summed E-state index contributed by atoms with van der Waals surface area (Å²) in [7, 11) is 2.36. The number of hydrogen-bond donors (Lipinski definition) is 0. The molecule has 32 heavy (non-hydrogen) atoms. The molecule has 11 nitrogen and oxygen atoms in total. The summed E-state index contributed by atoms with van der Waals surface area (Å²) >= 11 is 0. The van der Waals surface area contributed by atoms with Gasteiger partial charge in [0, 0.05) is 5.56 Å². The third-order valence-corrected chi connectivity index (χ3v) is 4.85. The number of rotatable bonds is 9. The molecule has 1 atom stereocenters. The van der Waals surface area contributed by atoms with Crippen molar-refractivity contribution in [2.45, 2.75) is 26.2 Å². The highest BCUT2D eigenvalue weighted by atomic mass is 16.7. The Bertz CT molecular complexity index is 909. The summed E-state index contributed by atoms with van der Waals surface area (Å²) in [5.41, 5.74) is -3.09. The maximum absolute atomic E-state index is 13.6. The number of nitrogens with zero attached hydrogens (tertiary/aromatic N) is 1. The van der Waals surface area contributed by atoms with Crippen molar-refractivity contribution in [3.63, 3.8) is 0 Å². The lowest BCUT2D eigenvalue weighted by molar-refractivity contribution is -0.190. The number of imide groups is 1. The third-order valence-electron chi connectivity index (χ3n) is 4.85. The van der Waals surface area contributed by atoms with Crippen molar-refractivity contribution in [2.24, 2.45) is 5.92 Å². The molecule has 0 saturated carbocycles. The lowest BCUT2D eigenvalue weighted by Gasteiger charge is -2.41. The lowest BCUT2D eigenvalue weighted by Crippen LogP contribution is -2.64. The Hall–Kier alpha value is -3.47. The minimum atomic E-state index is -2.66. The highest BCUT2D eigenvalue weighted by Crippen LogP contribution is 2.44. The summed E-state index contributed by atoms with van der Waals surface area (Å²) in [6.07, 6.45) is 0. The van der Waals surface area contributed by atoms with Gasteiger partial charge in [-0.1, -0.05) is 0 Å². The summed E-state index contributed by atoms with van der Waals surface area (Å²) in [5, 5.41) is 0.303. The number of benzene rings is 1. The van der Waals surface area contributed by atoms with Gasteiger partial charge in [-0.3, -0.25) is 28.8 Å². The molecule has 1 aliphatic rings. The van der Waals surface area contributed by atoms with Crippen molar-refractivity contribution in [2.75, 3.05) is 34.0 Å². The van der Waals surface area contributed by atoms with Crippen LogP contribution in [0.4, 0.5) is 0 Å². The van der Waals surface area contributed by atoms with E-state index in [9.17, 15) is 24.0 Å². The zero-order chi connectivity index (χ0) is 24.1. The molecule has 0 N–H and O–H groups in total. The average molecular weight is 451 g/mol. The maximum atomic E-state index is 13.6. The van der Waals surface area contributed by atoms with Gasteiger partial charge in [0.15, 0.2) is 11.3 Å². The molecule has 11 heteroatoms. The molecule has 0 radical (unpaired) electrons. The molecule has 1 aromatic rings. The fraction of sp³-hybridized carbons (Fsp3) is 0.476. The van der Waals surface area contributed by atoms with Gasteiger partial charge >= 0.3 is 17.9 Å². The van der Waals surface area contributed by atoms with E-state index < -0.39 is 41.1 Å². The van der Waals surface area contributed by atoms with Crippen LogP contribution < -0.4 is 4.74 Å². The molecule has 1 aliphatic heterocycles. The second-order valence-electron chi connectivity index (χ2n) is 6.46. The maximum Gasteiger partial charge on any atom is 0.327 e. The summed E-state index contributed by atoms with van der Waals surface area (Å²) in [5.74, 6) is -7.81. The number of ether oxygens (including phenoxy) is 4. The minimum absolute atomic E-state index is 0.153. The quantitative estimate of drug-likeness (QED) is 0.229. The van der Waals surface area contributed by atoms with E-state index in [0.717, 1.165) is 7.11 Å². The van der Waals surface area contributed by atoms with E-state index in [4.69, 9.17) is 23.8 Å². The van der Waals surface area contributed by atoms with Gasteiger partial charge in [0.05, 0.1) is 34.0 Å². The fourth-order valence-corrected chi connectivity index (χ4v) is 3.55. The lowest BCUT2D eigenvalue weighted by atomic mass is 9.65. The van der Waals surface area contributed by atoms with Crippen molar-refractivity contribution in [1.82, 2.24) is 5.06 Å². The van der Waals surface area contributed by atoms with Crippen LogP contribution in [0.1, 0.15) is 36.7 Å². The van der Waals surface area contributed by atoms with Crippen LogP contribution in [0.3, 0.4) is 0 Å². The predicted molar refractivity (Wildman–Crippen MR) is 106 cm³/mol. The topological polar surface area (TPSA) is 135 Å².